The van der Waals surface area contributed by atoms with E-state index in [1.165, 1.54) is 37.6 Å². The highest BCUT2D eigenvalue weighted by atomic mass is 32.2. The van der Waals surface area contributed by atoms with Crippen LogP contribution in [0.2, 0.25) is 0 Å². The zero-order chi connectivity index (χ0) is 59.2. The molecule has 17 N–H and O–H groups in total. The molecule has 15 unspecified atom stereocenters. The second-order valence-electron chi connectivity index (χ2n) is 21.8. The Hall–Kier alpha value is -5.19. The van der Waals surface area contributed by atoms with Gasteiger partial charge in [0, 0.05) is 51.9 Å². The predicted molar refractivity (Wildman–Crippen MR) is 296 cm³/mol. The summed E-state index contributed by atoms with van der Waals surface area (Å²) in [7, 11) is 0. The van der Waals surface area contributed by atoms with Crippen LogP contribution in [0.3, 0.4) is 0 Å². The molecule has 0 aromatic heterocycles. The number of unbranched alkanes of at least 4 members (excludes halogenated alkanes) is 5. The first-order chi connectivity index (χ1) is 38.0. The fraction of sp³-hybridized carbons (Fsp3) is 0.741. The molecule has 3 fully saturated rings. The van der Waals surface area contributed by atoms with Crippen molar-refractivity contribution in [2.75, 3.05) is 38.5 Å². The minimum atomic E-state index is -1.91. The number of nitrogens with zero attached hydrogens (tertiary/aromatic N) is 2. The number of phenolic OH excluding ortho intramolecular Hbond substituents is 1. The lowest BCUT2D eigenvalue weighted by Crippen LogP contribution is -2.62. The van der Waals surface area contributed by atoms with E-state index < -0.39 is 157 Å². The molecular weight excluding hydrogens is 1060 g/mol. The lowest BCUT2D eigenvalue weighted by atomic mass is 9.91. The fourth-order valence-corrected chi connectivity index (χ4v) is 11.3. The van der Waals surface area contributed by atoms with Crippen molar-refractivity contribution in [1.82, 2.24) is 41.7 Å². The molecule has 3 aliphatic rings. The molecular formula is C54H90N10O15S. The fourth-order valence-electron chi connectivity index (χ4n) is 10.3. The number of hydrogen-bond acceptors (Lipinski definition) is 18. The molecule has 1 aromatic carbocycles. The Balaban J connectivity index is 1.75. The topological polar surface area (TPSA) is 409 Å². The molecule has 3 heterocycles. The van der Waals surface area contributed by atoms with Crippen molar-refractivity contribution in [3.05, 3.63) is 29.8 Å². The van der Waals surface area contributed by atoms with Crippen molar-refractivity contribution in [3.8, 4) is 5.75 Å². The molecule has 26 heteroatoms. The number of benzene rings is 1. The summed E-state index contributed by atoms with van der Waals surface area (Å²) in [6.07, 6.45) is -3.34. The third-order valence-electron chi connectivity index (χ3n) is 15.1. The number of thioether (sulfide) groups is 1. The number of fused-ring (bicyclic) bond motifs is 2. The molecule has 80 heavy (non-hydrogen) atoms. The van der Waals surface area contributed by atoms with Crippen molar-refractivity contribution >= 4 is 59.0 Å². The maximum absolute atomic E-state index is 14.7. The van der Waals surface area contributed by atoms with E-state index >= 15 is 0 Å². The summed E-state index contributed by atoms with van der Waals surface area (Å²) in [6, 6.07) is -5.34. The minimum Gasteiger partial charge on any atom is -0.508 e. The Morgan fingerprint density at radius 1 is 0.738 bits per heavy atom. The summed E-state index contributed by atoms with van der Waals surface area (Å²) < 4.78 is 0. The van der Waals surface area contributed by atoms with Crippen molar-refractivity contribution in [1.29, 1.82) is 0 Å². The molecule has 3 saturated heterocycles. The van der Waals surface area contributed by atoms with Crippen LogP contribution in [-0.2, 0) is 38.4 Å². The second kappa shape index (κ2) is 33.7. The van der Waals surface area contributed by atoms with E-state index in [-0.39, 0.29) is 56.8 Å². The Bertz CT molecular complexity index is 2180. The van der Waals surface area contributed by atoms with Crippen LogP contribution in [0.15, 0.2) is 24.3 Å². The highest BCUT2D eigenvalue weighted by Gasteiger charge is 2.48. The highest BCUT2D eigenvalue weighted by Crippen LogP contribution is 2.27. The minimum absolute atomic E-state index is 0.0437. The van der Waals surface area contributed by atoms with Crippen LogP contribution < -0.4 is 43.4 Å². The molecule has 0 radical (unpaired) electrons. The molecule has 0 spiro atoms. The number of nitrogens with two attached hydrogens (primary N) is 2. The monoisotopic (exact) mass is 1150 g/mol. The summed E-state index contributed by atoms with van der Waals surface area (Å²) in [6.45, 7) is 7.06. The summed E-state index contributed by atoms with van der Waals surface area (Å²) in [4.78, 5) is 116. The molecule has 4 rings (SSSR count). The largest absolute Gasteiger partial charge is 0.508 e. The number of aromatic hydroxyl groups is 1. The van der Waals surface area contributed by atoms with Gasteiger partial charge in [-0.3, -0.25) is 38.4 Å². The number of amides is 8. The lowest BCUT2D eigenvalue weighted by molar-refractivity contribution is -0.146. The molecule has 0 saturated carbocycles. The Kier molecular flexibility index (Phi) is 28.3. The van der Waals surface area contributed by atoms with Crippen LogP contribution in [0, 0.1) is 11.8 Å². The average molecular weight is 1150 g/mol. The van der Waals surface area contributed by atoms with E-state index in [1.54, 1.807) is 0 Å². The molecule has 1 aromatic rings. The summed E-state index contributed by atoms with van der Waals surface area (Å²) >= 11 is 0.698. The van der Waals surface area contributed by atoms with Gasteiger partial charge in [0.1, 0.15) is 47.4 Å². The molecule has 25 nitrogen and oxygen atoms in total. The van der Waals surface area contributed by atoms with Crippen LogP contribution in [0.1, 0.15) is 136 Å². The summed E-state index contributed by atoms with van der Waals surface area (Å²) in [5.74, 6) is -6.95. The van der Waals surface area contributed by atoms with Gasteiger partial charge >= 0.3 is 0 Å². The first-order valence-electron chi connectivity index (χ1n) is 28.3. The molecule has 0 aliphatic carbocycles. The number of hydrogen-bond donors (Lipinski definition) is 15. The van der Waals surface area contributed by atoms with Gasteiger partial charge in [0.15, 0.2) is 0 Å². The first kappa shape index (κ1) is 67.3. The van der Waals surface area contributed by atoms with Crippen molar-refractivity contribution in [2.24, 2.45) is 23.3 Å². The number of carbonyl (C=O) groups is 8. The molecule has 15 atom stereocenters. The van der Waals surface area contributed by atoms with Crippen molar-refractivity contribution in [2.45, 2.75) is 202 Å². The number of nitrogens with one attached hydrogen (secondary N) is 6. The third kappa shape index (κ3) is 20.7. The van der Waals surface area contributed by atoms with Gasteiger partial charge in [0.05, 0.1) is 42.4 Å². The quantitative estimate of drug-likeness (QED) is 0.0470. The van der Waals surface area contributed by atoms with Crippen LogP contribution in [0.25, 0.3) is 0 Å². The third-order valence-corrected chi connectivity index (χ3v) is 16.3. The standard InChI is InChI=1S/C54H90N10O15S/c1-5-30(2)24-31(3)12-10-8-6-7-9-11-13-43(72)58-36-27-42(71)52(80-29-44(73)57-22-21-56)62-51(77)47-40(69)19-23-63(47)54(79)46(39(68)18-20-55)61-49(75)37(26-41(70)33-14-16-34(66)17-15-33)59-50(76)38-25-35(67)28-64(38)53(78)45(32(4)65)60-48(36)74/h14-17,30-32,35-42,45-47,52,65-71H,5-13,18-29,55-56H2,1-4H3,(H,57,73)(H,58,72)(H,59,76)(H,60,74)(H,61,75)(H,62,77). The summed E-state index contributed by atoms with van der Waals surface area (Å²) in [5, 5.41) is 91.8. The first-order valence-corrected chi connectivity index (χ1v) is 29.3. The number of aliphatic hydroxyl groups is 6. The van der Waals surface area contributed by atoms with Gasteiger partial charge in [-0.15, -0.1) is 11.8 Å². The number of carbonyl (C=O) groups excluding carboxylic acids is 8. The van der Waals surface area contributed by atoms with E-state index in [0.717, 1.165) is 48.3 Å². The smallest absolute Gasteiger partial charge is 0.248 e. The van der Waals surface area contributed by atoms with E-state index in [1.807, 2.05) is 0 Å². The van der Waals surface area contributed by atoms with E-state index in [4.69, 9.17) is 11.5 Å². The van der Waals surface area contributed by atoms with Gasteiger partial charge in [-0.1, -0.05) is 77.8 Å². The Morgan fingerprint density at radius 2 is 1.39 bits per heavy atom. The van der Waals surface area contributed by atoms with Crippen molar-refractivity contribution < 1.29 is 74.1 Å². The van der Waals surface area contributed by atoms with E-state index in [9.17, 15) is 74.1 Å². The van der Waals surface area contributed by atoms with Gasteiger partial charge in [0.2, 0.25) is 47.3 Å². The average Bonchev–Trinajstić information content (AvgIpc) is 4.10. The number of aliphatic hydroxyl groups excluding tert-OH is 6. The van der Waals surface area contributed by atoms with Gasteiger partial charge in [-0.2, -0.15) is 0 Å². The maximum Gasteiger partial charge on any atom is 0.248 e. The van der Waals surface area contributed by atoms with Crippen LogP contribution in [-0.4, -0.2) is 203 Å². The van der Waals surface area contributed by atoms with Crippen molar-refractivity contribution in [3.63, 3.8) is 0 Å². The Morgan fingerprint density at radius 3 is 2.04 bits per heavy atom. The maximum atomic E-state index is 14.7. The van der Waals surface area contributed by atoms with E-state index in [0.29, 0.717) is 36.4 Å². The van der Waals surface area contributed by atoms with Crippen LogP contribution >= 0.6 is 11.8 Å². The number of rotatable bonds is 25. The van der Waals surface area contributed by atoms with Gasteiger partial charge < -0.3 is 88.9 Å². The van der Waals surface area contributed by atoms with Gasteiger partial charge in [-0.05, 0) is 68.7 Å². The van der Waals surface area contributed by atoms with Gasteiger partial charge in [-0.25, -0.2) is 0 Å². The normalized spacial score (nSPS) is 27.5. The predicted octanol–water partition coefficient (Wildman–Crippen LogP) is -2.02. The van der Waals surface area contributed by atoms with Crippen LogP contribution in [0.5, 0.6) is 5.75 Å². The van der Waals surface area contributed by atoms with E-state index in [2.05, 4.69) is 52.7 Å². The summed E-state index contributed by atoms with van der Waals surface area (Å²) in [5.41, 5.74) is 11.5. The zero-order valence-electron chi connectivity index (χ0n) is 46.7. The molecule has 8 amide bonds. The van der Waals surface area contributed by atoms with Gasteiger partial charge in [0.25, 0.3) is 0 Å². The lowest BCUT2D eigenvalue weighted by Gasteiger charge is -2.34. The molecule has 452 valence electrons. The second-order valence-corrected chi connectivity index (χ2v) is 22.9. The number of phenols is 1. The molecule has 0 bridgehead atoms. The Labute approximate surface area is 472 Å². The highest BCUT2D eigenvalue weighted by molar-refractivity contribution is 8.00. The SMILES string of the molecule is CCC(C)CC(C)CCCCCCCCC(=O)NC1CC(O)C(SCC(=O)NCCN)NC(=O)C2C(O)CCN2C(=O)C(C(O)CCN)NC(=O)C(CC(O)c2ccc(O)cc2)NC(=O)C2CC(O)CN2C(=O)C(C(C)O)NC1=O. The molecule has 3 aliphatic heterocycles. The zero-order valence-corrected chi connectivity index (χ0v) is 47.5. The van der Waals surface area contributed by atoms with Crippen LogP contribution in [0.4, 0.5) is 0 Å².